The van der Waals surface area contributed by atoms with E-state index < -0.39 is 16.9 Å². The summed E-state index contributed by atoms with van der Waals surface area (Å²) in [5.74, 6) is -0.274. The fraction of sp³-hybridized carbons (Fsp3) is 0.190. The summed E-state index contributed by atoms with van der Waals surface area (Å²) >= 11 is 5.96. The summed E-state index contributed by atoms with van der Waals surface area (Å²) in [4.78, 5) is 35.7. The van der Waals surface area contributed by atoms with Gasteiger partial charge in [0.15, 0.2) is 0 Å². The number of aromatic nitrogens is 2. The van der Waals surface area contributed by atoms with Gasteiger partial charge in [0.2, 0.25) is 5.91 Å². The SMILES string of the molecule is Cc1ccc(NC(=O)CC2C(=O)Nc3c(-c4ccc(Cl)cc4)c(C)nn32)cc1[N+](=O)[O-]. The molecule has 10 heteroatoms. The van der Waals surface area contributed by atoms with Crippen LogP contribution in [-0.2, 0) is 9.59 Å². The molecule has 2 amide bonds. The second kappa shape index (κ2) is 7.84. The first kappa shape index (κ1) is 20.5. The molecule has 1 aliphatic heterocycles. The highest BCUT2D eigenvalue weighted by Crippen LogP contribution is 2.38. The summed E-state index contributed by atoms with van der Waals surface area (Å²) in [6.45, 7) is 3.44. The van der Waals surface area contributed by atoms with Gasteiger partial charge in [-0.2, -0.15) is 5.10 Å². The molecule has 0 aliphatic carbocycles. The molecule has 0 saturated carbocycles. The molecule has 0 spiro atoms. The average molecular weight is 440 g/mol. The molecule has 0 fully saturated rings. The molecule has 1 unspecified atom stereocenters. The third-order valence-electron chi connectivity index (χ3n) is 5.13. The molecular weight excluding hydrogens is 422 g/mol. The van der Waals surface area contributed by atoms with Crippen LogP contribution in [0.4, 0.5) is 17.2 Å². The zero-order valence-corrected chi connectivity index (χ0v) is 17.4. The highest BCUT2D eigenvalue weighted by Gasteiger charge is 2.36. The first-order valence-corrected chi connectivity index (χ1v) is 9.83. The Morgan fingerprint density at radius 3 is 2.65 bits per heavy atom. The lowest BCUT2D eigenvalue weighted by Crippen LogP contribution is -2.23. The summed E-state index contributed by atoms with van der Waals surface area (Å²) in [7, 11) is 0. The van der Waals surface area contributed by atoms with Gasteiger partial charge < -0.3 is 10.6 Å². The van der Waals surface area contributed by atoms with Crippen molar-refractivity contribution >= 4 is 40.6 Å². The van der Waals surface area contributed by atoms with Gasteiger partial charge in [0.25, 0.3) is 11.6 Å². The van der Waals surface area contributed by atoms with E-state index in [0.717, 1.165) is 11.1 Å². The zero-order chi connectivity index (χ0) is 22.3. The van der Waals surface area contributed by atoms with Crippen molar-refractivity contribution in [2.24, 2.45) is 0 Å². The first-order chi connectivity index (χ1) is 14.7. The highest BCUT2D eigenvalue weighted by molar-refractivity contribution is 6.30. The minimum atomic E-state index is -0.824. The fourth-order valence-corrected chi connectivity index (χ4v) is 3.74. The maximum Gasteiger partial charge on any atom is 0.274 e. The number of hydrogen-bond donors (Lipinski definition) is 2. The third-order valence-corrected chi connectivity index (χ3v) is 5.38. The van der Waals surface area contributed by atoms with E-state index in [1.807, 2.05) is 19.1 Å². The van der Waals surface area contributed by atoms with Crippen LogP contribution in [0.15, 0.2) is 42.5 Å². The number of carbonyl (C=O) groups is 2. The molecule has 0 saturated heterocycles. The van der Waals surface area contributed by atoms with Crippen molar-refractivity contribution < 1.29 is 14.5 Å². The van der Waals surface area contributed by atoms with E-state index >= 15 is 0 Å². The number of hydrogen-bond acceptors (Lipinski definition) is 5. The maximum absolute atomic E-state index is 12.6. The molecule has 1 aliphatic rings. The van der Waals surface area contributed by atoms with Gasteiger partial charge >= 0.3 is 0 Å². The van der Waals surface area contributed by atoms with Crippen LogP contribution in [0.25, 0.3) is 11.1 Å². The van der Waals surface area contributed by atoms with Crippen LogP contribution in [0.2, 0.25) is 5.02 Å². The number of rotatable bonds is 5. The van der Waals surface area contributed by atoms with Crippen LogP contribution < -0.4 is 10.6 Å². The molecule has 31 heavy (non-hydrogen) atoms. The van der Waals surface area contributed by atoms with E-state index in [9.17, 15) is 19.7 Å². The molecule has 4 rings (SSSR count). The number of anilines is 2. The van der Waals surface area contributed by atoms with Gasteiger partial charge in [-0.25, -0.2) is 4.68 Å². The lowest BCUT2D eigenvalue weighted by Gasteiger charge is -2.10. The number of benzene rings is 2. The average Bonchev–Trinajstić information content (AvgIpc) is 3.18. The van der Waals surface area contributed by atoms with E-state index in [0.29, 0.717) is 27.8 Å². The first-order valence-electron chi connectivity index (χ1n) is 9.45. The largest absolute Gasteiger partial charge is 0.326 e. The summed E-state index contributed by atoms with van der Waals surface area (Å²) in [5, 5.41) is 21.6. The van der Waals surface area contributed by atoms with Gasteiger partial charge in [-0.05, 0) is 37.6 Å². The van der Waals surface area contributed by atoms with Gasteiger partial charge in [0.1, 0.15) is 11.9 Å². The number of carbonyl (C=O) groups excluding carboxylic acids is 2. The maximum atomic E-state index is 12.6. The summed E-state index contributed by atoms with van der Waals surface area (Å²) in [6, 6.07) is 10.8. The van der Waals surface area contributed by atoms with Crippen LogP contribution in [0.1, 0.15) is 23.7 Å². The third kappa shape index (κ3) is 3.87. The van der Waals surface area contributed by atoms with Gasteiger partial charge in [0, 0.05) is 27.9 Å². The Balaban J connectivity index is 1.56. The summed E-state index contributed by atoms with van der Waals surface area (Å²) in [6.07, 6.45) is -0.165. The predicted molar refractivity (Wildman–Crippen MR) is 116 cm³/mol. The van der Waals surface area contributed by atoms with Crippen molar-refractivity contribution in [3.05, 3.63) is 68.9 Å². The van der Waals surface area contributed by atoms with Crippen molar-refractivity contribution in [2.75, 3.05) is 10.6 Å². The lowest BCUT2D eigenvalue weighted by atomic mass is 10.1. The van der Waals surface area contributed by atoms with E-state index in [-0.39, 0.29) is 18.0 Å². The Morgan fingerprint density at radius 2 is 1.97 bits per heavy atom. The molecule has 2 heterocycles. The Bertz CT molecular complexity index is 1220. The number of nitrogens with one attached hydrogen (secondary N) is 2. The van der Waals surface area contributed by atoms with Crippen molar-refractivity contribution in [1.29, 1.82) is 0 Å². The number of nitro benzene ring substituents is 1. The fourth-order valence-electron chi connectivity index (χ4n) is 3.62. The Hall–Kier alpha value is -3.72. The van der Waals surface area contributed by atoms with E-state index in [2.05, 4.69) is 15.7 Å². The van der Waals surface area contributed by atoms with Crippen LogP contribution in [0, 0.1) is 24.0 Å². The Labute approximate surface area is 182 Å². The predicted octanol–water partition coefficient (Wildman–Crippen LogP) is 4.25. The minimum Gasteiger partial charge on any atom is -0.326 e. The monoisotopic (exact) mass is 439 g/mol. The highest BCUT2D eigenvalue weighted by atomic mass is 35.5. The molecule has 2 aromatic carbocycles. The lowest BCUT2D eigenvalue weighted by molar-refractivity contribution is -0.385. The van der Waals surface area contributed by atoms with E-state index in [1.165, 1.54) is 10.7 Å². The number of amides is 2. The molecule has 3 aromatic rings. The molecule has 9 nitrogen and oxygen atoms in total. The Kier molecular flexibility index (Phi) is 5.20. The number of fused-ring (bicyclic) bond motifs is 1. The summed E-state index contributed by atoms with van der Waals surface area (Å²) < 4.78 is 1.51. The number of halogens is 1. The smallest absolute Gasteiger partial charge is 0.274 e. The molecule has 0 radical (unpaired) electrons. The molecule has 2 N–H and O–H groups in total. The van der Waals surface area contributed by atoms with Crippen LogP contribution in [0.3, 0.4) is 0 Å². The normalized spacial score (nSPS) is 14.8. The van der Waals surface area contributed by atoms with Crippen LogP contribution >= 0.6 is 11.6 Å². The molecule has 0 bridgehead atoms. The van der Waals surface area contributed by atoms with Gasteiger partial charge in [-0.3, -0.25) is 19.7 Å². The molecule has 1 aromatic heterocycles. The van der Waals surface area contributed by atoms with Crippen molar-refractivity contribution in [3.8, 4) is 11.1 Å². The molecule has 158 valence electrons. The standard InChI is InChI=1S/C21H18ClN5O4/c1-11-3-8-15(9-16(11)27(30)31)23-18(28)10-17-21(29)24-20-19(12(2)25-26(17)20)13-4-6-14(22)7-5-13/h3-9,17H,10H2,1-2H3,(H,23,28)(H,24,29). The summed E-state index contributed by atoms with van der Waals surface area (Å²) in [5.41, 5.74) is 3.01. The zero-order valence-electron chi connectivity index (χ0n) is 16.7. The Morgan fingerprint density at radius 1 is 1.26 bits per heavy atom. The van der Waals surface area contributed by atoms with E-state index in [4.69, 9.17) is 11.6 Å². The number of nitro groups is 1. The number of aryl methyl sites for hydroxylation is 2. The van der Waals surface area contributed by atoms with Crippen molar-refractivity contribution in [3.63, 3.8) is 0 Å². The van der Waals surface area contributed by atoms with Gasteiger partial charge in [-0.15, -0.1) is 0 Å². The second-order valence-corrected chi connectivity index (χ2v) is 7.71. The topological polar surface area (TPSA) is 119 Å². The van der Waals surface area contributed by atoms with Gasteiger partial charge in [-0.1, -0.05) is 29.8 Å². The molecular formula is C21H18ClN5O4. The van der Waals surface area contributed by atoms with Crippen LogP contribution in [0.5, 0.6) is 0 Å². The van der Waals surface area contributed by atoms with Crippen molar-refractivity contribution in [1.82, 2.24) is 9.78 Å². The van der Waals surface area contributed by atoms with Gasteiger partial charge in [0.05, 0.1) is 17.0 Å². The second-order valence-electron chi connectivity index (χ2n) is 7.28. The van der Waals surface area contributed by atoms with Crippen LogP contribution in [-0.4, -0.2) is 26.5 Å². The number of nitrogens with zero attached hydrogens (tertiary/aromatic N) is 3. The van der Waals surface area contributed by atoms with Crippen molar-refractivity contribution in [2.45, 2.75) is 26.3 Å². The van der Waals surface area contributed by atoms with E-state index in [1.54, 1.807) is 31.2 Å². The minimum absolute atomic E-state index is 0.0889. The quantitative estimate of drug-likeness (QED) is 0.455. The molecule has 1 atom stereocenters.